The molecule has 1 saturated heterocycles. The summed E-state index contributed by atoms with van der Waals surface area (Å²) < 4.78 is 11.1. The van der Waals surface area contributed by atoms with Gasteiger partial charge in [-0.15, -0.1) is 0 Å². The number of fused-ring (bicyclic) bond motifs is 3. The van der Waals surface area contributed by atoms with E-state index < -0.39 is 0 Å². The minimum atomic E-state index is -0.376. The number of hydrogen-bond acceptors (Lipinski definition) is 4. The van der Waals surface area contributed by atoms with Crippen molar-refractivity contribution in [2.45, 2.75) is 38.8 Å². The highest BCUT2D eigenvalue weighted by Gasteiger charge is 2.40. The molecule has 120 valence electrons. The zero-order valence-corrected chi connectivity index (χ0v) is 13.3. The van der Waals surface area contributed by atoms with Crippen molar-refractivity contribution in [2.24, 2.45) is 5.92 Å². The van der Waals surface area contributed by atoms with Crippen LogP contribution in [-0.4, -0.2) is 29.4 Å². The molecule has 23 heavy (non-hydrogen) atoms. The molecule has 0 aromatic heterocycles. The maximum Gasteiger partial charge on any atom is 0.231 e. The molecule has 0 amide bonds. The molecule has 4 heteroatoms. The van der Waals surface area contributed by atoms with Crippen molar-refractivity contribution < 1.29 is 14.6 Å². The zero-order valence-electron chi connectivity index (χ0n) is 13.3. The lowest BCUT2D eigenvalue weighted by atomic mass is 9.82. The van der Waals surface area contributed by atoms with Crippen LogP contribution < -0.4 is 9.47 Å². The van der Waals surface area contributed by atoms with Crippen LogP contribution in [0.3, 0.4) is 0 Å². The summed E-state index contributed by atoms with van der Waals surface area (Å²) in [6, 6.07) is 4.24. The summed E-state index contributed by atoms with van der Waals surface area (Å²) in [5, 5.41) is 10.4. The van der Waals surface area contributed by atoms with Crippen LogP contribution in [0.4, 0.5) is 0 Å². The van der Waals surface area contributed by atoms with E-state index in [1.165, 1.54) is 40.8 Å². The number of hydrogen-bond donors (Lipinski definition) is 1. The van der Waals surface area contributed by atoms with Gasteiger partial charge in [0, 0.05) is 31.1 Å². The van der Waals surface area contributed by atoms with E-state index in [-0.39, 0.29) is 6.10 Å². The number of benzene rings is 1. The van der Waals surface area contributed by atoms with Crippen LogP contribution in [0.15, 0.2) is 29.5 Å². The van der Waals surface area contributed by atoms with E-state index >= 15 is 0 Å². The summed E-state index contributed by atoms with van der Waals surface area (Å²) in [6.07, 6.45) is 4.78. The lowest BCUT2D eigenvalue weighted by Gasteiger charge is -2.33. The van der Waals surface area contributed by atoms with Crippen LogP contribution in [-0.2, 0) is 6.54 Å². The lowest BCUT2D eigenvalue weighted by Crippen LogP contribution is -2.26. The van der Waals surface area contributed by atoms with E-state index in [1.54, 1.807) is 0 Å². The molecular weight excluding hydrogens is 290 g/mol. The summed E-state index contributed by atoms with van der Waals surface area (Å²) in [7, 11) is 0. The Bertz CT molecular complexity index is 749. The molecule has 5 rings (SSSR count). The van der Waals surface area contributed by atoms with Crippen molar-refractivity contribution in [1.82, 2.24) is 4.90 Å². The van der Waals surface area contributed by atoms with Gasteiger partial charge < -0.3 is 19.5 Å². The number of aliphatic hydroxyl groups is 1. The summed E-state index contributed by atoms with van der Waals surface area (Å²) in [5.74, 6) is 2.23. The van der Waals surface area contributed by atoms with Crippen molar-refractivity contribution >= 4 is 5.57 Å². The van der Waals surface area contributed by atoms with E-state index in [2.05, 4.69) is 30.0 Å². The van der Waals surface area contributed by atoms with Gasteiger partial charge in [0.15, 0.2) is 11.5 Å². The second-order valence-electron chi connectivity index (χ2n) is 6.95. The Morgan fingerprint density at radius 1 is 1.26 bits per heavy atom. The Balaban J connectivity index is 1.66. The fraction of sp³-hybridized carbons (Fsp3) is 0.474. The first-order chi connectivity index (χ1) is 11.2. The molecule has 0 bridgehead atoms. The topological polar surface area (TPSA) is 41.9 Å². The predicted molar refractivity (Wildman–Crippen MR) is 87.0 cm³/mol. The molecule has 0 spiro atoms. The lowest BCUT2D eigenvalue weighted by molar-refractivity contribution is 0.174. The fourth-order valence-electron chi connectivity index (χ4n) is 4.56. The molecule has 0 saturated carbocycles. The average molecular weight is 311 g/mol. The van der Waals surface area contributed by atoms with Gasteiger partial charge in [0.05, 0.1) is 6.10 Å². The molecule has 1 aliphatic carbocycles. The first kappa shape index (κ1) is 13.5. The third-order valence-electron chi connectivity index (χ3n) is 5.46. The minimum absolute atomic E-state index is 0.306. The molecule has 3 heterocycles. The average Bonchev–Trinajstić information content (AvgIpc) is 3.11. The van der Waals surface area contributed by atoms with Gasteiger partial charge >= 0.3 is 0 Å². The Morgan fingerprint density at radius 3 is 2.91 bits per heavy atom. The van der Waals surface area contributed by atoms with E-state index in [9.17, 15) is 5.11 Å². The van der Waals surface area contributed by atoms with Crippen molar-refractivity contribution in [1.29, 1.82) is 0 Å². The largest absolute Gasteiger partial charge is 0.454 e. The Labute approximate surface area is 136 Å². The molecule has 2 unspecified atom stereocenters. The minimum Gasteiger partial charge on any atom is -0.454 e. The highest BCUT2D eigenvalue weighted by molar-refractivity contribution is 5.80. The SMILES string of the molecule is CCCC1CN2Cc3cc4c(cc3C3=C2C1=CC(O)C3)OCO4. The van der Waals surface area contributed by atoms with Gasteiger partial charge in [-0.25, -0.2) is 0 Å². The van der Waals surface area contributed by atoms with Crippen LogP contribution in [0, 0.1) is 5.92 Å². The quantitative estimate of drug-likeness (QED) is 0.911. The normalized spacial score (nSPS) is 27.0. The summed E-state index contributed by atoms with van der Waals surface area (Å²) in [5.41, 5.74) is 6.55. The number of rotatable bonds is 2. The second-order valence-corrected chi connectivity index (χ2v) is 6.95. The molecular formula is C19H21NO3. The van der Waals surface area contributed by atoms with Gasteiger partial charge in [-0.2, -0.15) is 0 Å². The highest BCUT2D eigenvalue weighted by Crippen LogP contribution is 2.50. The first-order valence-corrected chi connectivity index (χ1v) is 8.55. The Morgan fingerprint density at radius 2 is 2.09 bits per heavy atom. The van der Waals surface area contributed by atoms with Gasteiger partial charge in [0.25, 0.3) is 0 Å². The predicted octanol–water partition coefficient (Wildman–Crippen LogP) is 3.06. The Kier molecular flexibility index (Phi) is 2.80. The van der Waals surface area contributed by atoms with Crippen molar-refractivity contribution in [3.05, 3.63) is 40.6 Å². The molecule has 3 aliphatic heterocycles. The van der Waals surface area contributed by atoms with Gasteiger partial charge in [0.1, 0.15) is 0 Å². The summed E-state index contributed by atoms with van der Waals surface area (Å²) >= 11 is 0. The summed E-state index contributed by atoms with van der Waals surface area (Å²) in [6.45, 7) is 4.54. The van der Waals surface area contributed by atoms with E-state index in [0.29, 0.717) is 19.1 Å². The van der Waals surface area contributed by atoms with Crippen LogP contribution in [0.2, 0.25) is 0 Å². The van der Waals surface area contributed by atoms with E-state index in [1.807, 2.05) is 0 Å². The molecule has 4 nitrogen and oxygen atoms in total. The fourth-order valence-corrected chi connectivity index (χ4v) is 4.56. The van der Waals surface area contributed by atoms with Crippen molar-refractivity contribution in [3.63, 3.8) is 0 Å². The van der Waals surface area contributed by atoms with Gasteiger partial charge in [-0.1, -0.05) is 19.4 Å². The Hall–Kier alpha value is -1.94. The standard InChI is InChI=1S/C19H21NO3/c1-2-3-11-8-20-9-12-4-17-18(23-10-22-17)7-14(12)16-6-13(21)5-15(11)19(16)20/h4-5,7,11,13,21H,2-3,6,8-10H2,1H3. The van der Waals surface area contributed by atoms with Gasteiger partial charge in [0.2, 0.25) is 6.79 Å². The second kappa shape index (κ2) is 4.78. The third kappa shape index (κ3) is 1.88. The third-order valence-corrected chi connectivity index (χ3v) is 5.46. The maximum atomic E-state index is 10.4. The molecule has 2 atom stereocenters. The molecule has 1 fully saturated rings. The first-order valence-electron chi connectivity index (χ1n) is 8.55. The molecule has 1 aromatic rings. The summed E-state index contributed by atoms with van der Waals surface area (Å²) in [4.78, 5) is 2.50. The van der Waals surface area contributed by atoms with Crippen LogP contribution >= 0.6 is 0 Å². The van der Waals surface area contributed by atoms with Crippen LogP contribution in [0.1, 0.15) is 37.3 Å². The molecule has 1 N–H and O–H groups in total. The maximum absolute atomic E-state index is 10.4. The molecule has 1 aromatic carbocycles. The molecule has 4 aliphatic rings. The van der Waals surface area contributed by atoms with Gasteiger partial charge in [-0.05, 0) is 40.8 Å². The smallest absolute Gasteiger partial charge is 0.231 e. The number of ether oxygens (including phenoxy) is 2. The van der Waals surface area contributed by atoms with E-state index in [4.69, 9.17) is 9.47 Å². The number of nitrogens with zero attached hydrogens (tertiary/aromatic N) is 1. The van der Waals surface area contributed by atoms with Crippen molar-refractivity contribution in [3.8, 4) is 11.5 Å². The van der Waals surface area contributed by atoms with Crippen LogP contribution in [0.25, 0.3) is 5.57 Å². The van der Waals surface area contributed by atoms with Gasteiger partial charge in [-0.3, -0.25) is 0 Å². The zero-order chi connectivity index (χ0) is 15.6. The number of aliphatic hydroxyl groups excluding tert-OH is 1. The monoisotopic (exact) mass is 311 g/mol. The molecule has 0 radical (unpaired) electrons. The number of allylic oxidation sites excluding steroid dienone is 1. The van der Waals surface area contributed by atoms with E-state index in [0.717, 1.165) is 24.6 Å². The van der Waals surface area contributed by atoms with Crippen LogP contribution in [0.5, 0.6) is 11.5 Å². The van der Waals surface area contributed by atoms with Crippen molar-refractivity contribution in [2.75, 3.05) is 13.3 Å². The highest BCUT2D eigenvalue weighted by atomic mass is 16.7.